The number of nitrogens with one attached hydrogen (secondary N) is 2. The smallest absolute Gasteiger partial charge is 0.311 e. The van der Waals surface area contributed by atoms with E-state index in [0.29, 0.717) is 12.0 Å². The van der Waals surface area contributed by atoms with Crippen LogP contribution in [0, 0.1) is 0 Å². The van der Waals surface area contributed by atoms with Gasteiger partial charge in [0, 0.05) is 25.5 Å². The van der Waals surface area contributed by atoms with Crippen LogP contribution in [0.3, 0.4) is 0 Å². The van der Waals surface area contributed by atoms with Gasteiger partial charge in [-0.3, -0.25) is 33.8 Å². The standard InChI is InChI=1S/C23H26N4O8/c1-13(28)34-23-16(12-19(30)35-23)25-21(32)17-8-5-11-26-18(29)10-9-15(22(33)27(17)26)24-20(31)14-6-3-2-4-7-14/h2-4,6-7,15-17,23H,5,8-12H2,1H3,(H,24,31)(H,25,32)/t15-,16?,17-,23?/m0/s1. The van der Waals surface area contributed by atoms with Gasteiger partial charge in [-0.2, -0.15) is 0 Å². The Hall–Kier alpha value is -3.96. The van der Waals surface area contributed by atoms with Crippen LogP contribution in [0.4, 0.5) is 0 Å². The number of cyclic esters (lactones) is 1. The van der Waals surface area contributed by atoms with Gasteiger partial charge in [0.15, 0.2) is 0 Å². The fourth-order valence-corrected chi connectivity index (χ4v) is 4.44. The van der Waals surface area contributed by atoms with Gasteiger partial charge in [0.2, 0.25) is 11.8 Å². The van der Waals surface area contributed by atoms with Gasteiger partial charge in [-0.15, -0.1) is 0 Å². The number of esters is 2. The lowest BCUT2D eigenvalue weighted by molar-refractivity contribution is -0.180. The number of hydrazine groups is 1. The number of ether oxygens (including phenoxy) is 2. The van der Waals surface area contributed by atoms with E-state index in [9.17, 15) is 28.8 Å². The second-order valence-corrected chi connectivity index (χ2v) is 8.58. The second kappa shape index (κ2) is 10.1. The summed E-state index contributed by atoms with van der Waals surface area (Å²) in [6.45, 7) is 1.41. The predicted octanol–water partition coefficient (Wildman–Crippen LogP) is -0.366. The summed E-state index contributed by atoms with van der Waals surface area (Å²) in [5, 5.41) is 7.67. The summed E-state index contributed by atoms with van der Waals surface area (Å²) in [5.74, 6) is -3.31. The number of amides is 4. The number of rotatable bonds is 5. The van der Waals surface area contributed by atoms with E-state index < -0.39 is 54.1 Å². The van der Waals surface area contributed by atoms with Crippen molar-refractivity contribution in [3.8, 4) is 0 Å². The van der Waals surface area contributed by atoms with Crippen LogP contribution < -0.4 is 10.6 Å². The Kier molecular flexibility index (Phi) is 6.99. The zero-order valence-corrected chi connectivity index (χ0v) is 19.1. The fourth-order valence-electron chi connectivity index (χ4n) is 4.44. The minimum Gasteiger partial charge on any atom is -0.423 e. The van der Waals surface area contributed by atoms with E-state index >= 15 is 0 Å². The summed E-state index contributed by atoms with van der Waals surface area (Å²) in [5.41, 5.74) is 0.364. The number of hydrogen-bond donors (Lipinski definition) is 2. The van der Waals surface area contributed by atoms with E-state index in [2.05, 4.69) is 10.6 Å². The number of nitrogens with zero attached hydrogens (tertiary/aromatic N) is 2. The normalized spacial score (nSPS) is 26.4. The quantitative estimate of drug-likeness (QED) is 0.535. The highest BCUT2D eigenvalue weighted by Crippen LogP contribution is 2.26. The summed E-state index contributed by atoms with van der Waals surface area (Å²) < 4.78 is 9.91. The minimum atomic E-state index is -1.27. The number of carbonyl (C=O) groups excluding carboxylic acids is 6. The van der Waals surface area contributed by atoms with E-state index in [1.807, 2.05) is 0 Å². The maximum Gasteiger partial charge on any atom is 0.311 e. The third kappa shape index (κ3) is 5.26. The van der Waals surface area contributed by atoms with Crippen LogP contribution in [0.1, 0.15) is 49.4 Å². The third-order valence-corrected chi connectivity index (χ3v) is 6.08. The van der Waals surface area contributed by atoms with Crippen molar-refractivity contribution in [2.45, 2.75) is 63.4 Å². The highest BCUT2D eigenvalue weighted by molar-refractivity contribution is 5.99. The van der Waals surface area contributed by atoms with Crippen molar-refractivity contribution in [3.63, 3.8) is 0 Å². The van der Waals surface area contributed by atoms with Gasteiger partial charge in [0.05, 0.1) is 6.42 Å². The molecule has 0 bridgehead atoms. The zero-order chi connectivity index (χ0) is 25.1. The molecule has 2 N–H and O–H groups in total. The first-order chi connectivity index (χ1) is 16.7. The number of carbonyl (C=O) groups is 6. The molecular weight excluding hydrogens is 460 g/mol. The van der Waals surface area contributed by atoms with Crippen LogP contribution in [-0.2, 0) is 33.4 Å². The molecule has 4 atom stereocenters. The van der Waals surface area contributed by atoms with Crippen molar-refractivity contribution in [1.29, 1.82) is 0 Å². The molecule has 0 spiro atoms. The van der Waals surface area contributed by atoms with Crippen LogP contribution in [0.15, 0.2) is 30.3 Å². The molecule has 3 saturated heterocycles. The molecule has 1 aromatic rings. The zero-order valence-electron chi connectivity index (χ0n) is 19.1. The van der Waals surface area contributed by atoms with E-state index in [1.165, 1.54) is 5.01 Å². The minimum absolute atomic E-state index is 0.0236. The van der Waals surface area contributed by atoms with Crippen molar-refractivity contribution in [3.05, 3.63) is 35.9 Å². The molecule has 0 aromatic heterocycles. The van der Waals surface area contributed by atoms with Crippen LogP contribution in [0.2, 0.25) is 0 Å². The van der Waals surface area contributed by atoms with Crippen molar-refractivity contribution in [2.75, 3.05) is 6.54 Å². The Morgan fingerprint density at radius 1 is 1.06 bits per heavy atom. The molecule has 0 saturated carbocycles. The Balaban J connectivity index is 1.52. The Morgan fingerprint density at radius 3 is 2.51 bits per heavy atom. The lowest BCUT2D eigenvalue weighted by Crippen LogP contribution is -2.64. The first-order valence-corrected chi connectivity index (χ1v) is 11.4. The Bertz CT molecular complexity index is 1050. The van der Waals surface area contributed by atoms with E-state index in [0.717, 1.165) is 11.9 Å². The van der Waals surface area contributed by atoms with E-state index in [-0.39, 0.29) is 38.1 Å². The van der Waals surface area contributed by atoms with E-state index in [4.69, 9.17) is 9.47 Å². The number of benzene rings is 1. The van der Waals surface area contributed by atoms with Crippen LogP contribution in [0.5, 0.6) is 0 Å². The molecule has 12 heteroatoms. The van der Waals surface area contributed by atoms with Crippen LogP contribution >= 0.6 is 0 Å². The molecule has 0 aliphatic carbocycles. The predicted molar refractivity (Wildman–Crippen MR) is 117 cm³/mol. The molecule has 35 heavy (non-hydrogen) atoms. The largest absolute Gasteiger partial charge is 0.423 e. The summed E-state index contributed by atoms with van der Waals surface area (Å²) in [7, 11) is 0. The lowest BCUT2D eigenvalue weighted by Gasteiger charge is -2.43. The lowest BCUT2D eigenvalue weighted by atomic mass is 10.0. The first-order valence-electron chi connectivity index (χ1n) is 11.4. The highest BCUT2D eigenvalue weighted by atomic mass is 16.7. The summed E-state index contributed by atoms with van der Waals surface area (Å²) >= 11 is 0. The first kappa shape index (κ1) is 24.2. The van der Waals surface area contributed by atoms with Gasteiger partial charge in [-0.1, -0.05) is 18.2 Å². The molecule has 4 rings (SSSR count). The van der Waals surface area contributed by atoms with Gasteiger partial charge >= 0.3 is 11.9 Å². The van der Waals surface area contributed by atoms with Crippen molar-refractivity contribution < 1.29 is 38.2 Å². The van der Waals surface area contributed by atoms with Crippen LogP contribution in [0.25, 0.3) is 0 Å². The molecule has 4 amide bonds. The molecule has 3 heterocycles. The molecular formula is C23H26N4O8. The molecule has 0 radical (unpaired) electrons. The molecule has 3 aliphatic heterocycles. The highest BCUT2D eigenvalue weighted by Gasteiger charge is 2.46. The van der Waals surface area contributed by atoms with Crippen LogP contribution in [-0.4, -0.2) is 76.5 Å². The number of fused-ring (bicyclic) bond motifs is 1. The molecule has 186 valence electrons. The second-order valence-electron chi connectivity index (χ2n) is 8.58. The SMILES string of the molecule is CC(=O)OC1OC(=O)CC1NC(=O)[C@@H]1CCCN2C(=O)CC[C@H](NC(=O)c3ccccc3)C(=O)N12. The van der Waals surface area contributed by atoms with Gasteiger partial charge in [0.25, 0.3) is 18.1 Å². The molecule has 12 nitrogen and oxygen atoms in total. The van der Waals surface area contributed by atoms with Crippen molar-refractivity contribution in [1.82, 2.24) is 20.7 Å². The number of hydrogen-bond acceptors (Lipinski definition) is 8. The summed E-state index contributed by atoms with van der Waals surface area (Å²) in [4.78, 5) is 75.2. The topological polar surface area (TPSA) is 151 Å². The summed E-state index contributed by atoms with van der Waals surface area (Å²) in [6, 6.07) is 5.38. The van der Waals surface area contributed by atoms with Gasteiger partial charge in [-0.25, -0.2) is 5.01 Å². The Morgan fingerprint density at radius 2 is 1.80 bits per heavy atom. The van der Waals surface area contributed by atoms with Crippen molar-refractivity contribution >= 4 is 35.6 Å². The average molecular weight is 486 g/mol. The molecule has 2 unspecified atom stereocenters. The summed E-state index contributed by atoms with van der Waals surface area (Å²) in [6.07, 6.45) is -0.624. The average Bonchev–Trinajstić information content (AvgIpc) is 3.12. The maximum absolute atomic E-state index is 13.5. The van der Waals surface area contributed by atoms with Gasteiger partial charge in [-0.05, 0) is 31.4 Å². The van der Waals surface area contributed by atoms with Crippen molar-refractivity contribution in [2.24, 2.45) is 0 Å². The Labute approximate surface area is 200 Å². The molecule has 3 aliphatic rings. The van der Waals surface area contributed by atoms with Gasteiger partial charge < -0.3 is 20.1 Å². The van der Waals surface area contributed by atoms with Gasteiger partial charge in [0.1, 0.15) is 18.1 Å². The molecule has 1 aromatic carbocycles. The van der Waals surface area contributed by atoms with E-state index in [1.54, 1.807) is 30.3 Å². The third-order valence-electron chi connectivity index (χ3n) is 6.08. The maximum atomic E-state index is 13.5. The monoisotopic (exact) mass is 486 g/mol. The fraction of sp³-hybridized carbons (Fsp3) is 0.478. The molecule has 3 fully saturated rings.